The first-order chi connectivity index (χ1) is 21.6. The fraction of sp³-hybridized carbons (Fsp3) is 0.938. The van der Waals surface area contributed by atoms with E-state index in [0.717, 1.165) is 32.1 Å². The van der Waals surface area contributed by atoms with Gasteiger partial charge in [-0.1, -0.05) is 85.0 Å². The first-order valence-corrected chi connectivity index (χ1v) is 19.5. The molecule has 264 valence electrons. The van der Waals surface area contributed by atoms with Crippen molar-refractivity contribution in [1.29, 1.82) is 0 Å². The summed E-state index contributed by atoms with van der Waals surface area (Å²) in [6.45, 7) is 13.2. The van der Waals surface area contributed by atoms with Gasteiger partial charge in [-0.3, -0.25) is 4.79 Å². The Labute approximate surface area is 277 Å². The molecule has 1 aliphatic heterocycles. The van der Waals surface area contributed by atoms with Crippen molar-refractivity contribution in [3.05, 3.63) is 10.1 Å². The second-order valence-corrected chi connectivity index (χ2v) is 17.4. The zero-order valence-corrected chi connectivity index (χ0v) is 29.9. The monoisotopic (exact) mass is 669 g/mol. The van der Waals surface area contributed by atoms with Gasteiger partial charge < -0.3 is 20.4 Å². The smallest absolute Gasteiger partial charge is 0.404 e. The van der Waals surface area contributed by atoms with Crippen molar-refractivity contribution in [2.24, 2.45) is 39.8 Å². The first-order valence-electron chi connectivity index (χ1n) is 17.6. The number of aliphatic imine (C=N–C) groups is 1. The van der Waals surface area contributed by atoms with Gasteiger partial charge in [-0.25, -0.2) is 23.5 Å². The van der Waals surface area contributed by atoms with Crippen LogP contribution in [-0.2, 0) is 23.9 Å². The molecule has 4 aliphatic rings. The molecule has 1 heterocycles. The quantitative estimate of drug-likeness (QED) is 0.0386. The van der Waals surface area contributed by atoms with Crippen LogP contribution in [0.5, 0.6) is 0 Å². The van der Waals surface area contributed by atoms with E-state index in [1.807, 2.05) is 0 Å². The van der Waals surface area contributed by atoms with Crippen molar-refractivity contribution < 1.29 is 27.6 Å². The van der Waals surface area contributed by atoms with Crippen molar-refractivity contribution in [3.63, 3.8) is 0 Å². The van der Waals surface area contributed by atoms with Crippen LogP contribution in [0.3, 0.4) is 0 Å². The topological polar surface area (TPSA) is 175 Å². The Morgan fingerprint density at radius 3 is 2.35 bits per heavy atom. The minimum absolute atomic E-state index is 0.0280. The van der Waals surface area contributed by atoms with Crippen molar-refractivity contribution in [2.45, 2.75) is 143 Å². The fourth-order valence-corrected chi connectivity index (χ4v) is 9.66. The minimum Gasteiger partial charge on any atom is -0.404 e. The summed E-state index contributed by atoms with van der Waals surface area (Å²) in [5.41, 5.74) is 7.10. The highest BCUT2D eigenvalue weighted by molar-refractivity contribution is 7.91. The molecule has 14 heteroatoms. The van der Waals surface area contributed by atoms with Crippen LogP contribution >= 0.6 is 0 Å². The predicted octanol–water partition coefficient (Wildman–Crippen LogP) is 4.83. The number of nitrogens with zero attached hydrogens (tertiary/aromatic N) is 2. The molecule has 4 fully saturated rings. The molecule has 3 aliphatic carbocycles. The Morgan fingerprint density at radius 2 is 1.74 bits per heavy atom. The summed E-state index contributed by atoms with van der Waals surface area (Å²) in [5, 5.41) is 13.0. The molecule has 2 bridgehead atoms. The molecular formula is C32H60BN5O7S. The van der Waals surface area contributed by atoms with E-state index in [-0.39, 0.29) is 53.8 Å². The lowest BCUT2D eigenvalue weighted by Gasteiger charge is -2.64. The van der Waals surface area contributed by atoms with E-state index < -0.39 is 39.4 Å². The maximum atomic E-state index is 13.9. The summed E-state index contributed by atoms with van der Waals surface area (Å²) in [4.78, 5) is 28.4. The first kappa shape index (κ1) is 38.5. The number of rotatable bonds is 21. The number of nitrogens with one attached hydrogen (secondary N) is 2. The average Bonchev–Trinajstić information content (AvgIpc) is 3.32. The van der Waals surface area contributed by atoms with E-state index in [2.05, 4.69) is 51.9 Å². The van der Waals surface area contributed by atoms with Crippen molar-refractivity contribution in [1.82, 2.24) is 10.7 Å². The van der Waals surface area contributed by atoms with Crippen LogP contribution in [0.2, 0.25) is 0 Å². The zero-order valence-electron chi connectivity index (χ0n) is 29.1. The summed E-state index contributed by atoms with van der Waals surface area (Å²) >= 11 is 0. The predicted molar refractivity (Wildman–Crippen MR) is 182 cm³/mol. The zero-order chi connectivity index (χ0) is 34.1. The van der Waals surface area contributed by atoms with E-state index in [4.69, 9.17) is 15.0 Å². The van der Waals surface area contributed by atoms with Gasteiger partial charge in [0.2, 0.25) is 5.91 Å². The highest BCUT2D eigenvalue weighted by atomic mass is 32.2. The van der Waals surface area contributed by atoms with Gasteiger partial charge in [0.15, 0.2) is 14.9 Å². The third-order valence-corrected chi connectivity index (χ3v) is 12.5. The number of nitro groups is 1. The van der Waals surface area contributed by atoms with E-state index in [1.54, 1.807) is 5.43 Å². The third-order valence-electron chi connectivity index (χ3n) is 10.7. The largest absolute Gasteiger partial charge is 0.481 e. The van der Waals surface area contributed by atoms with Crippen LogP contribution in [0.4, 0.5) is 0 Å². The van der Waals surface area contributed by atoms with Gasteiger partial charge in [0, 0.05) is 6.54 Å². The average molecular weight is 670 g/mol. The molecule has 12 nitrogen and oxygen atoms in total. The summed E-state index contributed by atoms with van der Waals surface area (Å²) in [6.07, 6.45) is 11.6. The summed E-state index contributed by atoms with van der Waals surface area (Å²) in [5.74, 6) is -0.897. The molecule has 0 unspecified atom stereocenters. The number of sulfone groups is 1. The SMILES string of the molecule is CCCCCCCCCCS(=O)(=O)C[C@@H](CCCN=C(N)N[N+](=O)[O-])C(=O)N[C@@H](CC(C)C)B1O[C@@H]2C[C@H]3C[C@H](C3(C)C)[C@]2(C)O1. The molecule has 4 N–H and O–H groups in total. The second-order valence-electron chi connectivity index (χ2n) is 15.1. The molecule has 4 rings (SSSR count). The number of guanidine groups is 1. The molecular weight excluding hydrogens is 609 g/mol. The summed E-state index contributed by atoms with van der Waals surface area (Å²) in [7, 11) is -4.11. The molecule has 1 saturated heterocycles. The lowest BCUT2D eigenvalue weighted by atomic mass is 9.43. The molecule has 0 radical (unpaired) electrons. The summed E-state index contributed by atoms with van der Waals surface area (Å²) in [6, 6.07) is 0. The maximum absolute atomic E-state index is 13.9. The van der Waals surface area contributed by atoms with Gasteiger partial charge in [0.1, 0.15) is 0 Å². The van der Waals surface area contributed by atoms with Gasteiger partial charge >= 0.3 is 7.12 Å². The van der Waals surface area contributed by atoms with Crippen LogP contribution in [0, 0.1) is 39.2 Å². The molecule has 0 aromatic carbocycles. The highest BCUT2D eigenvalue weighted by Crippen LogP contribution is 2.65. The molecule has 46 heavy (non-hydrogen) atoms. The standard InChI is InChI=1S/C32H60BN5O7S/c1-7-8-9-10-11-12-13-14-18-46(42,43)22-24(16-15-17-35-30(34)37-38(40)41)29(39)36-28(19-23(2)3)33-44-27-21-25-20-26(31(25,4)5)32(27,6)45-33/h23-28H,7-22H2,1-6H3,(H,36,39)(H3,34,35,37)/t24-,25-,26-,27-,28+,32+/m1/s1. The van der Waals surface area contributed by atoms with E-state index in [0.29, 0.717) is 31.1 Å². The van der Waals surface area contributed by atoms with E-state index >= 15 is 0 Å². The number of hydrazine groups is 1. The van der Waals surface area contributed by atoms with Crippen molar-refractivity contribution >= 4 is 28.8 Å². The lowest BCUT2D eigenvalue weighted by Crippen LogP contribution is -2.65. The molecule has 3 saturated carbocycles. The van der Waals surface area contributed by atoms with Gasteiger partial charge in [-0.15, -0.1) is 0 Å². The third kappa shape index (κ3) is 10.5. The number of nitrogens with two attached hydrogens (primary N) is 1. The van der Waals surface area contributed by atoms with E-state index in [9.17, 15) is 23.3 Å². The van der Waals surface area contributed by atoms with E-state index in [1.165, 1.54) is 25.7 Å². The van der Waals surface area contributed by atoms with Gasteiger partial charge in [0.25, 0.3) is 5.96 Å². The number of hydrogen-bond acceptors (Lipinski definition) is 8. The van der Waals surface area contributed by atoms with Crippen molar-refractivity contribution in [3.8, 4) is 0 Å². The molecule has 1 amide bonds. The van der Waals surface area contributed by atoms with Crippen LogP contribution in [0.25, 0.3) is 0 Å². The Kier molecular flexibility index (Phi) is 14.2. The molecule has 0 spiro atoms. The van der Waals surface area contributed by atoms with Crippen molar-refractivity contribution in [2.75, 3.05) is 18.1 Å². The normalized spacial score (nSPS) is 26.7. The number of unbranched alkanes of at least 4 members (excludes halogenated alkanes) is 7. The Hall–Kier alpha value is -1.93. The maximum Gasteiger partial charge on any atom is 0.481 e. The number of hydrogen-bond donors (Lipinski definition) is 3. The van der Waals surface area contributed by atoms with Crippen LogP contribution in [-0.4, -0.2) is 68.1 Å². The number of carbonyl (C=O) groups excluding carboxylic acids is 1. The second kappa shape index (κ2) is 16.9. The van der Waals surface area contributed by atoms with Gasteiger partial charge in [0.05, 0.1) is 35.1 Å². The highest BCUT2D eigenvalue weighted by Gasteiger charge is 2.68. The fourth-order valence-electron chi connectivity index (χ4n) is 7.92. The molecule has 0 aromatic rings. The summed E-state index contributed by atoms with van der Waals surface area (Å²) < 4.78 is 39.7. The minimum atomic E-state index is -3.50. The van der Waals surface area contributed by atoms with Gasteiger partial charge in [-0.2, -0.15) is 0 Å². The Morgan fingerprint density at radius 1 is 1.09 bits per heavy atom. The van der Waals surface area contributed by atoms with Gasteiger partial charge in [-0.05, 0) is 68.6 Å². The van der Waals surface area contributed by atoms with Crippen LogP contribution in [0.15, 0.2) is 4.99 Å². The van der Waals surface area contributed by atoms with Crippen LogP contribution in [0.1, 0.15) is 125 Å². The Balaban J connectivity index is 1.65. The number of amides is 1. The Bertz CT molecular complexity index is 1150. The lowest BCUT2D eigenvalue weighted by molar-refractivity contribution is -0.525. The molecule has 6 atom stereocenters. The number of carbonyl (C=O) groups is 1. The van der Waals surface area contributed by atoms with Crippen LogP contribution < -0.4 is 16.5 Å². The molecule has 0 aromatic heterocycles.